The van der Waals surface area contributed by atoms with Gasteiger partial charge in [0.2, 0.25) is 0 Å². The minimum absolute atomic E-state index is 0.0429. The predicted molar refractivity (Wildman–Crippen MR) is 86.4 cm³/mol. The van der Waals surface area contributed by atoms with Crippen LogP contribution < -0.4 is 5.32 Å². The molecule has 0 spiro atoms. The molecule has 5 nitrogen and oxygen atoms in total. The van der Waals surface area contributed by atoms with E-state index in [9.17, 15) is 27.5 Å². The molecule has 1 aromatic carbocycles. The number of nitrogens with zero attached hydrogens (tertiary/aromatic N) is 1. The molecule has 134 valence electrons. The molecular weight excluding hydrogens is 345 g/mol. The van der Waals surface area contributed by atoms with Crippen molar-refractivity contribution in [2.45, 2.75) is 50.1 Å². The van der Waals surface area contributed by atoms with Gasteiger partial charge >= 0.3 is 6.18 Å². The molecule has 0 aliphatic heterocycles. The van der Waals surface area contributed by atoms with Gasteiger partial charge in [0.25, 0.3) is 5.69 Å². The summed E-state index contributed by atoms with van der Waals surface area (Å²) in [7, 11) is -0.930. The van der Waals surface area contributed by atoms with Gasteiger partial charge in [-0.15, -0.1) is 0 Å². The van der Waals surface area contributed by atoms with Gasteiger partial charge in [0.05, 0.1) is 4.92 Å². The maximum absolute atomic E-state index is 13.0. The lowest BCUT2D eigenvalue weighted by molar-refractivity contribution is -0.388. The van der Waals surface area contributed by atoms with Crippen LogP contribution >= 0.6 is 0 Å². The van der Waals surface area contributed by atoms with Crippen LogP contribution in [0.25, 0.3) is 0 Å². The zero-order chi connectivity index (χ0) is 17.9. The summed E-state index contributed by atoms with van der Waals surface area (Å²) in [4.78, 5) is 9.74. The third-order valence-electron chi connectivity index (χ3n) is 4.15. The summed E-state index contributed by atoms with van der Waals surface area (Å²) in [5.74, 6) is 0.563. The summed E-state index contributed by atoms with van der Waals surface area (Å²) in [5.41, 5.74) is -2.02. The molecule has 0 radical (unpaired) electrons. The number of anilines is 1. The average molecular weight is 364 g/mol. The second kappa shape index (κ2) is 7.50. The molecule has 0 bridgehead atoms. The average Bonchev–Trinajstić information content (AvgIpc) is 2.53. The first-order valence-corrected chi connectivity index (χ1v) is 9.10. The van der Waals surface area contributed by atoms with Crippen molar-refractivity contribution < 1.29 is 22.3 Å². The number of halogens is 3. The maximum Gasteiger partial charge on any atom is 0.423 e. The van der Waals surface area contributed by atoms with E-state index in [2.05, 4.69) is 5.32 Å². The van der Waals surface area contributed by atoms with Crippen molar-refractivity contribution in [2.75, 3.05) is 11.1 Å². The molecule has 2 rings (SSSR count). The number of hydrogen-bond acceptors (Lipinski definition) is 4. The normalized spacial score (nSPS) is 22.8. The van der Waals surface area contributed by atoms with Crippen molar-refractivity contribution in [2.24, 2.45) is 0 Å². The largest absolute Gasteiger partial charge is 0.423 e. The Hall–Kier alpha value is -1.64. The van der Waals surface area contributed by atoms with Crippen LogP contribution in [0.1, 0.15) is 38.2 Å². The van der Waals surface area contributed by atoms with Gasteiger partial charge in [-0.1, -0.05) is 13.3 Å². The molecule has 1 aliphatic carbocycles. The minimum Gasteiger partial charge on any atom is -0.382 e. The monoisotopic (exact) mass is 364 g/mol. The molecule has 1 saturated carbocycles. The molecule has 0 saturated heterocycles. The molecule has 1 aromatic rings. The van der Waals surface area contributed by atoms with E-state index in [0.29, 0.717) is 12.2 Å². The Labute approximate surface area is 140 Å². The lowest BCUT2D eigenvalue weighted by atomic mass is 9.94. The lowest BCUT2D eigenvalue weighted by Gasteiger charge is -2.30. The van der Waals surface area contributed by atoms with Crippen LogP contribution in [0.2, 0.25) is 0 Å². The van der Waals surface area contributed by atoms with Gasteiger partial charge in [-0.3, -0.25) is 14.3 Å². The van der Waals surface area contributed by atoms with Gasteiger partial charge in [-0.2, -0.15) is 13.2 Å². The van der Waals surface area contributed by atoms with Gasteiger partial charge in [0.15, 0.2) is 0 Å². The van der Waals surface area contributed by atoms with Crippen LogP contribution in [0.5, 0.6) is 0 Å². The number of benzene rings is 1. The van der Waals surface area contributed by atoms with Gasteiger partial charge in [0, 0.05) is 39.6 Å². The van der Waals surface area contributed by atoms with Crippen LogP contribution in [0.4, 0.5) is 24.5 Å². The SMILES string of the molecule is CCS(=O)C1CCCC(Nc2ccc([N+](=O)[O-])c(C(F)(F)F)c2)C1. The Kier molecular flexibility index (Phi) is 5.84. The van der Waals surface area contributed by atoms with Crippen LogP contribution in [0.15, 0.2) is 18.2 Å². The van der Waals surface area contributed by atoms with E-state index in [1.165, 1.54) is 6.07 Å². The third kappa shape index (κ3) is 4.46. The third-order valence-corrected chi connectivity index (χ3v) is 5.89. The van der Waals surface area contributed by atoms with Gasteiger partial charge < -0.3 is 5.32 Å². The summed E-state index contributed by atoms with van der Waals surface area (Å²) in [6, 6.07) is 2.85. The molecule has 0 aromatic heterocycles. The second-order valence-electron chi connectivity index (χ2n) is 5.79. The molecule has 1 N–H and O–H groups in total. The van der Waals surface area contributed by atoms with E-state index in [-0.39, 0.29) is 17.0 Å². The number of rotatable bonds is 5. The minimum atomic E-state index is -4.79. The summed E-state index contributed by atoms with van der Waals surface area (Å²) < 4.78 is 51.0. The molecular formula is C15H19F3N2O3S. The van der Waals surface area contributed by atoms with Crippen molar-refractivity contribution in [1.29, 1.82) is 0 Å². The topological polar surface area (TPSA) is 72.2 Å². The van der Waals surface area contributed by atoms with E-state index < -0.39 is 33.2 Å². The number of alkyl halides is 3. The maximum atomic E-state index is 13.0. The first-order chi connectivity index (χ1) is 11.2. The lowest BCUT2D eigenvalue weighted by Crippen LogP contribution is -2.33. The number of nitrogens with one attached hydrogen (secondary N) is 1. The van der Waals surface area contributed by atoms with E-state index in [0.717, 1.165) is 31.4 Å². The molecule has 3 atom stereocenters. The quantitative estimate of drug-likeness (QED) is 0.630. The van der Waals surface area contributed by atoms with Crippen molar-refractivity contribution in [3.8, 4) is 0 Å². The summed E-state index contributed by atoms with van der Waals surface area (Å²) in [6.45, 7) is 1.85. The number of nitro groups is 1. The zero-order valence-corrected chi connectivity index (χ0v) is 14.0. The Morgan fingerprint density at radius 3 is 2.67 bits per heavy atom. The first kappa shape index (κ1) is 18.7. The molecule has 1 aliphatic rings. The first-order valence-electron chi connectivity index (χ1n) is 7.71. The fraction of sp³-hybridized carbons (Fsp3) is 0.600. The van der Waals surface area contributed by atoms with Crippen LogP contribution in [-0.2, 0) is 17.0 Å². The number of hydrogen-bond donors (Lipinski definition) is 1. The van der Waals surface area contributed by atoms with Crippen molar-refractivity contribution in [3.63, 3.8) is 0 Å². The zero-order valence-electron chi connectivity index (χ0n) is 13.1. The van der Waals surface area contributed by atoms with E-state index in [1.54, 1.807) is 0 Å². The second-order valence-corrected chi connectivity index (χ2v) is 7.79. The number of nitro benzene ring substituents is 1. The highest BCUT2D eigenvalue weighted by Gasteiger charge is 2.38. The van der Waals surface area contributed by atoms with Crippen molar-refractivity contribution >= 4 is 22.2 Å². The van der Waals surface area contributed by atoms with Gasteiger partial charge in [-0.05, 0) is 31.4 Å². The fourth-order valence-corrected chi connectivity index (χ4v) is 4.35. The standard InChI is InChI=1S/C15H19F3N2O3S/c1-2-24(23)12-5-3-4-10(8-12)19-11-6-7-14(20(21)22)13(9-11)15(16,17)18/h6-7,9-10,12,19H,2-5,8H2,1H3. The fourth-order valence-electron chi connectivity index (χ4n) is 3.00. The predicted octanol–water partition coefficient (Wildman–Crippen LogP) is 4.11. The smallest absolute Gasteiger partial charge is 0.382 e. The van der Waals surface area contributed by atoms with Crippen molar-refractivity contribution in [1.82, 2.24) is 0 Å². The van der Waals surface area contributed by atoms with Crippen LogP contribution in [-0.4, -0.2) is 26.2 Å². The van der Waals surface area contributed by atoms with Crippen LogP contribution in [0.3, 0.4) is 0 Å². The van der Waals surface area contributed by atoms with Crippen molar-refractivity contribution in [3.05, 3.63) is 33.9 Å². The van der Waals surface area contributed by atoms with E-state index in [1.807, 2.05) is 6.92 Å². The Morgan fingerprint density at radius 1 is 1.38 bits per heavy atom. The summed E-state index contributed by atoms with van der Waals surface area (Å²) in [6.07, 6.45) is -1.69. The summed E-state index contributed by atoms with van der Waals surface area (Å²) >= 11 is 0. The van der Waals surface area contributed by atoms with E-state index >= 15 is 0 Å². The van der Waals surface area contributed by atoms with Gasteiger partial charge in [-0.25, -0.2) is 0 Å². The summed E-state index contributed by atoms with van der Waals surface area (Å²) in [5, 5.41) is 13.8. The molecule has 1 fully saturated rings. The molecule has 9 heteroatoms. The highest BCUT2D eigenvalue weighted by molar-refractivity contribution is 7.85. The molecule has 0 amide bonds. The molecule has 0 heterocycles. The van der Waals surface area contributed by atoms with Gasteiger partial charge in [0.1, 0.15) is 5.56 Å². The van der Waals surface area contributed by atoms with Crippen LogP contribution in [0, 0.1) is 10.1 Å². The molecule has 3 unspecified atom stereocenters. The highest BCUT2D eigenvalue weighted by Crippen LogP contribution is 2.38. The Bertz CT molecular complexity index is 637. The molecule has 24 heavy (non-hydrogen) atoms. The Balaban J connectivity index is 2.18. The Morgan fingerprint density at radius 2 is 2.08 bits per heavy atom. The van der Waals surface area contributed by atoms with E-state index in [4.69, 9.17) is 0 Å². The highest BCUT2D eigenvalue weighted by atomic mass is 32.2.